The predicted molar refractivity (Wildman–Crippen MR) is 30.2 cm³/mol. The van der Waals surface area contributed by atoms with Crippen LogP contribution in [0.15, 0.2) is 0 Å². The van der Waals surface area contributed by atoms with Gasteiger partial charge in [-0.05, 0) is 0 Å². The van der Waals surface area contributed by atoms with E-state index >= 15 is 0 Å². The summed E-state index contributed by atoms with van der Waals surface area (Å²) < 4.78 is 0. The van der Waals surface area contributed by atoms with Gasteiger partial charge in [0.25, 0.3) is 11.9 Å². The van der Waals surface area contributed by atoms with Gasteiger partial charge in [-0.3, -0.25) is 9.59 Å². The molecule has 0 saturated heterocycles. The van der Waals surface area contributed by atoms with Gasteiger partial charge >= 0.3 is 0 Å². The normalized spacial score (nSPS) is 4.55. The van der Waals surface area contributed by atoms with E-state index in [1.165, 1.54) is 0 Å². The van der Waals surface area contributed by atoms with Crippen molar-refractivity contribution >= 4 is 11.9 Å². The molecule has 0 unspecified atom stereocenters. The number of carboxylic acids is 2. The van der Waals surface area contributed by atoms with E-state index in [1.54, 1.807) is 0 Å². The summed E-state index contributed by atoms with van der Waals surface area (Å²) in [6.07, 6.45) is 0. The molecule has 0 spiro atoms. The smallest absolute Gasteiger partial charge is 0.300 e. The summed E-state index contributed by atoms with van der Waals surface area (Å²) in [5.74, 6) is -1.67. The number of aliphatic carboxylic acids is 2. The molecule has 11 heavy (non-hydrogen) atoms. The first-order chi connectivity index (χ1) is 3.46. The minimum absolute atomic E-state index is 0. The minimum Gasteiger partial charge on any atom is -0.481 e. The Labute approximate surface area is 85.4 Å². The summed E-state index contributed by atoms with van der Waals surface area (Å²) in [5, 5.41) is 14.8. The molecule has 78 valence electrons. The molecule has 2 radical (unpaired) electrons. The molecule has 0 aromatic carbocycles. The van der Waals surface area contributed by atoms with E-state index in [0.29, 0.717) is 0 Å². The second-order valence-corrected chi connectivity index (χ2v) is 1.04. The third-order valence-corrected chi connectivity index (χ3v) is 0. The van der Waals surface area contributed by atoms with E-state index in [1.807, 2.05) is 0 Å². The summed E-state index contributed by atoms with van der Waals surface area (Å²) in [4.78, 5) is 18.0. The van der Waals surface area contributed by atoms with Crippen molar-refractivity contribution in [3.05, 3.63) is 0 Å². The molecule has 5 nitrogen and oxygen atoms in total. The van der Waals surface area contributed by atoms with Gasteiger partial charge < -0.3 is 15.7 Å². The molecular formula is C4H10Cu2O5. The fraction of sp³-hybridized carbons (Fsp3) is 0.500. The third kappa shape index (κ3) is 168000. The van der Waals surface area contributed by atoms with Crippen LogP contribution >= 0.6 is 0 Å². The Kier molecular flexibility index (Phi) is 62.7. The predicted octanol–water partition coefficient (Wildman–Crippen LogP) is -0.648. The van der Waals surface area contributed by atoms with Crippen molar-refractivity contribution in [3.8, 4) is 0 Å². The molecule has 0 aromatic heterocycles. The van der Waals surface area contributed by atoms with Crippen molar-refractivity contribution < 1.29 is 59.4 Å². The molecule has 4 N–H and O–H groups in total. The molecule has 0 rings (SSSR count). The Bertz CT molecular complexity index is 74.5. The summed E-state index contributed by atoms with van der Waals surface area (Å²) in [7, 11) is 0. The van der Waals surface area contributed by atoms with Gasteiger partial charge in [-0.2, -0.15) is 0 Å². The van der Waals surface area contributed by atoms with Crippen LogP contribution in [0, 0.1) is 0 Å². The van der Waals surface area contributed by atoms with Crippen molar-refractivity contribution in [2.45, 2.75) is 13.8 Å². The average molecular weight is 265 g/mol. The Balaban J connectivity index is -0.0000000171. The third-order valence-electron chi connectivity index (χ3n) is 0. The Morgan fingerprint density at radius 2 is 0.909 bits per heavy atom. The molecule has 0 saturated carbocycles. The van der Waals surface area contributed by atoms with Gasteiger partial charge in [0.2, 0.25) is 0 Å². The minimum atomic E-state index is -0.833. The van der Waals surface area contributed by atoms with Crippen LogP contribution in [0.1, 0.15) is 13.8 Å². The summed E-state index contributed by atoms with van der Waals surface area (Å²) >= 11 is 0. The maximum absolute atomic E-state index is 9.00. The van der Waals surface area contributed by atoms with Gasteiger partial charge in [-0.1, -0.05) is 0 Å². The van der Waals surface area contributed by atoms with E-state index in [0.717, 1.165) is 13.8 Å². The first kappa shape index (κ1) is 30.6. The second kappa shape index (κ2) is 22.5. The number of hydrogen-bond donors (Lipinski definition) is 2. The second-order valence-electron chi connectivity index (χ2n) is 1.04. The molecule has 0 atom stereocenters. The van der Waals surface area contributed by atoms with Crippen LogP contribution in [-0.4, -0.2) is 27.6 Å². The van der Waals surface area contributed by atoms with Crippen LogP contribution in [-0.2, 0) is 43.7 Å². The van der Waals surface area contributed by atoms with Crippen LogP contribution in [0.3, 0.4) is 0 Å². The van der Waals surface area contributed by atoms with Gasteiger partial charge in [0.15, 0.2) is 0 Å². The van der Waals surface area contributed by atoms with Crippen LogP contribution in [0.25, 0.3) is 0 Å². The molecule has 7 heteroatoms. The van der Waals surface area contributed by atoms with Gasteiger partial charge in [0.05, 0.1) is 0 Å². The van der Waals surface area contributed by atoms with Crippen molar-refractivity contribution in [2.75, 3.05) is 0 Å². The van der Waals surface area contributed by atoms with Gasteiger partial charge in [0.1, 0.15) is 0 Å². The molecule has 0 aromatic rings. The quantitative estimate of drug-likeness (QED) is 0.568. The number of rotatable bonds is 0. The van der Waals surface area contributed by atoms with Crippen LogP contribution in [0.4, 0.5) is 0 Å². The Morgan fingerprint density at radius 1 is 0.909 bits per heavy atom. The number of carboxylic acid groups (broad SMARTS) is 2. The zero-order valence-electron chi connectivity index (χ0n) is 5.81. The standard InChI is InChI=1S/2C2H4O2.2Cu.H2O/c2*1-2(3)4;;;/h2*1H3,(H,3,4);;;1H2. The number of carbonyl (C=O) groups is 2. The van der Waals surface area contributed by atoms with Gasteiger partial charge in [-0.25, -0.2) is 0 Å². The molecule has 0 aliphatic carbocycles. The molecule has 0 amide bonds. The molecule has 0 fully saturated rings. The summed E-state index contributed by atoms with van der Waals surface area (Å²) in [5.41, 5.74) is 0. The Hall–Kier alpha value is -0.0610. The maximum Gasteiger partial charge on any atom is 0.300 e. The summed E-state index contributed by atoms with van der Waals surface area (Å²) in [6.45, 7) is 2.17. The van der Waals surface area contributed by atoms with Crippen molar-refractivity contribution in [1.29, 1.82) is 0 Å². The van der Waals surface area contributed by atoms with Crippen LogP contribution < -0.4 is 0 Å². The van der Waals surface area contributed by atoms with E-state index in [-0.39, 0.29) is 39.6 Å². The molecule has 0 aliphatic heterocycles. The largest absolute Gasteiger partial charge is 0.481 e. The van der Waals surface area contributed by atoms with E-state index in [2.05, 4.69) is 0 Å². The first-order valence-corrected chi connectivity index (χ1v) is 1.86. The van der Waals surface area contributed by atoms with Crippen molar-refractivity contribution in [2.24, 2.45) is 0 Å². The zero-order valence-corrected chi connectivity index (χ0v) is 7.70. The van der Waals surface area contributed by atoms with Crippen molar-refractivity contribution in [3.63, 3.8) is 0 Å². The zero-order chi connectivity index (χ0) is 7.15. The molecule has 0 heterocycles. The van der Waals surface area contributed by atoms with Gasteiger partial charge in [0, 0.05) is 48.0 Å². The van der Waals surface area contributed by atoms with E-state index in [9.17, 15) is 0 Å². The first-order valence-electron chi connectivity index (χ1n) is 1.86. The molecule has 0 bridgehead atoms. The SMILES string of the molecule is CC(=O)O.CC(=O)O.O.[Cu].[Cu]. The Morgan fingerprint density at radius 3 is 0.909 bits per heavy atom. The van der Waals surface area contributed by atoms with E-state index < -0.39 is 11.9 Å². The van der Waals surface area contributed by atoms with Gasteiger partial charge in [-0.15, -0.1) is 0 Å². The van der Waals surface area contributed by atoms with Crippen LogP contribution in [0.5, 0.6) is 0 Å². The molecule has 0 aliphatic rings. The number of hydrogen-bond acceptors (Lipinski definition) is 2. The molecular weight excluding hydrogens is 255 g/mol. The van der Waals surface area contributed by atoms with E-state index in [4.69, 9.17) is 19.8 Å². The van der Waals surface area contributed by atoms with Crippen LogP contribution in [0.2, 0.25) is 0 Å². The monoisotopic (exact) mass is 264 g/mol. The topological polar surface area (TPSA) is 106 Å². The fourth-order valence-corrected chi connectivity index (χ4v) is 0. The maximum atomic E-state index is 9.00. The van der Waals surface area contributed by atoms with Crippen molar-refractivity contribution in [1.82, 2.24) is 0 Å². The average Bonchev–Trinajstić information content (AvgIpc) is 1.25. The fourth-order valence-electron chi connectivity index (χ4n) is 0. The summed E-state index contributed by atoms with van der Waals surface area (Å²) in [6, 6.07) is 0.